The van der Waals surface area contributed by atoms with Crippen molar-refractivity contribution in [3.05, 3.63) is 77.9 Å². The molecule has 2 aromatic carbocycles. The Morgan fingerprint density at radius 3 is 2.62 bits per heavy atom. The standard InChI is InChI=1S/C32H41N7.4H2/c1-3-39(19-23-6-4-14-33-23)36-17-21-8-10-22(11-9-21)24-12-13-25(29-27-16-20(2)31(37-27)30(24)29)28-18-35-32(38-28)26-7-5-15-34-26;;;;/h3,8-13,18,20,23,26-27,31,33-34,36-37H,1,4-7,14-17,19H2,2H3,(H,35,38);4*1H/t20?,23-,26-,27?,31?;;;;/m0..../s1. The van der Waals surface area contributed by atoms with Crippen LogP contribution in [0.15, 0.2) is 55.4 Å². The minimum Gasteiger partial charge on any atom is -0.341 e. The van der Waals surface area contributed by atoms with Crippen LogP contribution < -0.4 is 21.4 Å². The molecule has 3 unspecified atom stereocenters. The summed E-state index contributed by atoms with van der Waals surface area (Å²) in [7, 11) is 0. The molecule has 7 heteroatoms. The van der Waals surface area contributed by atoms with E-state index in [0.717, 1.165) is 44.1 Å². The summed E-state index contributed by atoms with van der Waals surface area (Å²) in [5, 5.41) is 13.2. The number of nitrogens with one attached hydrogen (secondary N) is 5. The van der Waals surface area contributed by atoms with Gasteiger partial charge in [0.15, 0.2) is 0 Å². The van der Waals surface area contributed by atoms with E-state index in [1.54, 1.807) is 0 Å². The smallest absolute Gasteiger partial charge is 0.123 e. The molecule has 2 bridgehead atoms. The quantitative estimate of drug-likeness (QED) is 0.215. The molecule has 5 atom stereocenters. The van der Waals surface area contributed by atoms with Crippen molar-refractivity contribution in [2.24, 2.45) is 5.92 Å². The van der Waals surface area contributed by atoms with Gasteiger partial charge in [0.25, 0.3) is 0 Å². The number of aromatic nitrogens is 2. The number of hydrogen-bond donors (Lipinski definition) is 5. The third kappa shape index (κ3) is 4.72. The van der Waals surface area contributed by atoms with E-state index in [-0.39, 0.29) is 5.71 Å². The number of H-pyrrole nitrogens is 1. The molecule has 7 nitrogen and oxygen atoms in total. The summed E-state index contributed by atoms with van der Waals surface area (Å²) < 4.78 is 0. The summed E-state index contributed by atoms with van der Waals surface area (Å²) in [4.78, 5) is 8.44. The van der Waals surface area contributed by atoms with Crippen LogP contribution in [0, 0.1) is 5.92 Å². The lowest BCUT2D eigenvalue weighted by Gasteiger charge is -2.25. The van der Waals surface area contributed by atoms with Crippen molar-refractivity contribution in [1.29, 1.82) is 0 Å². The monoisotopic (exact) mass is 531 g/mol. The maximum absolute atomic E-state index is 4.77. The van der Waals surface area contributed by atoms with Crippen LogP contribution in [-0.4, -0.2) is 40.7 Å². The zero-order valence-corrected chi connectivity index (χ0v) is 23.0. The molecule has 4 aliphatic heterocycles. The zero-order valence-electron chi connectivity index (χ0n) is 23.0. The molecule has 39 heavy (non-hydrogen) atoms. The minimum atomic E-state index is 0. The van der Waals surface area contributed by atoms with E-state index in [0.29, 0.717) is 30.1 Å². The molecule has 1 aromatic heterocycles. The van der Waals surface area contributed by atoms with Crippen molar-refractivity contribution in [1.82, 2.24) is 36.4 Å². The van der Waals surface area contributed by atoms with Gasteiger partial charge in [0, 0.05) is 48.7 Å². The first-order valence-electron chi connectivity index (χ1n) is 14.8. The summed E-state index contributed by atoms with van der Waals surface area (Å²) in [5.74, 6) is 1.71. The maximum Gasteiger partial charge on any atom is 0.123 e. The summed E-state index contributed by atoms with van der Waals surface area (Å²) >= 11 is 0. The maximum atomic E-state index is 4.77. The third-order valence-electron chi connectivity index (χ3n) is 9.33. The number of rotatable bonds is 9. The Bertz CT molecular complexity index is 1340. The molecule has 212 valence electrons. The van der Waals surface area contributed by atoms with Crippen molar-refractivity contribution >= 4 is 0 Å². The Kier molecular flexibility index (Phi) is 6.77. The molecule has 5 N–H and O–H groups in total. The van der Waals surface area contributed by atoms with Gasteiger partial charge in [0.2, 0.25) is 0 Å². The Morgan fingerprint density at radius 2 is 1.85 bits per heavy atom. The molecular formula is C32H49N7. The fourth-order valence-electron chi connectivity index (χ4n) is 7.28. The first kappa shape index (κ1) is 25.0. The highest BCUT2D eigenvalue weighted by Gasteiger charge is 2.44. The predicted molar refractivity (Wildman–Crippen MR) is 165 cm³/mol. The SMILES string of the molecule is C=CN(C[C@@H]1CCCN1)NCc1ccc(-c2ccc(-c3cnc([C@@H]4CCCN4)[nH]3)c3c2C2NC3CC2C)cc1.[HH].[HH].[HH].[HH]. The number of hydrazine groups is 1. The average Bonchev–Trinajstić information content (AvgIpc) is 3.79. The van der Waals surface area contributed by atoms with Gasteiger partial charge in [-0.2, -0.15) is 0 Å². The summed E-state index contributed by atoms with van der Waals surface area (Å²) in [5.41, 5.74) is 12.9. The predicted octanol–water partition coefficient (Wildman–Crippen LogP) is 6.08. The fourth-order valence-corrected chi connectivity index (χ4v) is 7.28. The van der Waals surface area contributed by atoms with E-state index in [2.05, 4.69) is 81.3 Å². The van der Waals surface area contributed by atoms with Gasteiger partial charge in [-0.05, 0) is 78.9 Å². The molecule has 5 heterocycles. The van der Waals surface area contributed by atoms with Crippen molar-refractivity contribution in [3.63, 3.8) is 0 Å². The highest BCUT2D eigenvalue weighted by molar-refractivity contribution is 5.79. The van der Waals surface area contributed by atoms with E-state index >= 15 is 0 Å². The van der Waals surface area contributed by atoms with Gasteiger partial charge >= 0.3 is 0 Å². The number of hydrogen-bond acceptors (Lipinski definition) is 6. The molecular weight excluding hydrogens is 482 g/mol. The van der Waals surface area contributed by atoms with Crippen molar-refractivity contribution in [3.8, 4) is 22.4 Å². The van der Waals surface area contributed by atoms with Crippen LogP contribution in [0.2, 0.25) is 0 Å². The summed E-state index contributed by atoms with van der Waals surface area (Å²) in [6.45, 7) is 10.3. The molecule has 0 aliphatic carbocycles. The van der Waals surface area contributed by atoms with Gasteiger partial charge in [-0.3, -0.25) is 0 Å². The van der Waals surface area contributed by atoms with Crippen molar-refractivity contribution in [2.75, 3.05) is 19.6 Å². The number of aromatic amines is 1. The summed E-state index contributed by atoms with van der Waals surface area (Å²) in [6.07, 6.45) is 10.0. The molecule has 4 aliphatic rings. The van der Waals surface area contributed by atoms with E-state index in [4.69, 9.17) is 4.98 Å². The lowest BCUT2D eigenvalue weighted by molar-refractivity contribution is 0.244. The Hall–Kier alpha value is -2.97. The zero-order chi connectivity index (χ0) is 26.3. The first-order chi connectivity index (χ1) is 19.2. The number of imidazole rings is 1. The molecule has 0 saturated carbocycles. The Morgan fingerprint density at radius 1 is 1.03 bits per heavy atom. The van der Waals surface area contributed by atoms with Crippen LogP contribution in [0.25, 0.3) is 22.4 Å². The Balaban J connectivity index is 0.00000127. The van der Waals surface area contributed by atoms with Gasteiger partial charge in [-0.25, -0.2) is 10.4 Å². The second-order valence-corrected chi connectivity index (χ2v) is 11.9. The second-order valence-electron chi connectivity index (χ2n) is 11.9. The van der Waals surface area contributed by atoms with E-state index in [1.165, 1.54) is 59.1 Å². The molecule has 3 fully saturated rings. The Labute approximate surface area is 237 Å². The lowest BCUT2D eigenvalue weighted by Crippen LogP contribution is -2.41. The van der Waals surface area contributed by atoms with E-state index in [9.17, 15) is 0 Å². The summed E-state index contributed by atoms with van der Waals surface area (Å²) in [6, 6.07) is 15.5. The van der Waals surface area contributed by atoms with Crippen LogP contribution >= 0.6 is 0 Å². The molecule has 0 radical (unpaired) electrons. The van der Waals surface area contributed by atoms with Crippen molar-refractivity contribution < 1.29 is 5.71 Å². The van der Waals surface area contributed by atoms with Crippen LogP contribution in [0.4, 0.5) is 0 Å². The number of nitrogens with zero attached hydrogens (tertiary/aromatic N) is 2. The van der Waals surface area contributed by atoms with Gasteiger partial charge in [-0.15, -0.1) is 0 Å². The first-order valence-corrected chi connectivity index (χ1v) is 14.8. The highest BCUT2D eigenvalue weighted by Crippen LogP contribution is 2.54. The fraction of sp³-hybridized carbons (Fsp3) is 0.469. The molecule has 0 amide bonds. The van der Waals surface area contributed by atoms with Crippen LogP contribution in [-0.2, 0) is 6.54 Å². The second kappa shape index (κ2) is 10.5. The van der Waals surface area contributed by atoms with Gasteiger partial charge in [0.1, 0.15) is 5.82 Å². The normalized spacial score (nSPS) is 27.3. The van der Waals surface area contributed by atoms with E-state index < -0.39 is 0 Å². The van der Waals surface area contributed by atoms with E-state index in [1.807, 2.05) is 12.4 Å². The molecule has 3 aromatic rings. The minimum absolute atomic E-state index is 0. The largest absolute Gasteiger partial charge is 0.341 e. The van der Waals surface area contributed by atoms with Crippen LogP contribution in [0.3, 0.4) is 0 Å². The number of benzene rings is 2. The third-order valence-corrected chi connectivity index (χ3v) is 9.33. The molecule has 3 saturated heterocycles. The van der Waals surface area contributed by atoms with Gasteiger partial charge in [-0.1, -0.05) is 49.9 Å². The van der Waals surface area contributed by atoms with Gasteiger partial charge < -0.3 is 25.9 Å². The topological polar surface area (TPSA) is 80.0 Å². The lowest BCUT2D eigenvalue weighted by atomic mass is 9.78. The average molecular weight is 532 g/mol. The highest BCUT2D eigenvalue weighted by atomic mass is 15.5. The van der Waals surface area contributed by atoms with Crippen LogP contribution in [0.5, 0.6) is 0 Å². The number of fused-ring (bicyclic) bond motifs is 5. The molecule has 0 spiro atoms. The van der Waals surface area contributed by atoms with Crippen molar-refractivity contribution in [2.45, 2.75) is 69.7 Å². The molecule has 7 rings (SSSR count). The van der Waals surface area contributed by atoms with Crippen LogP contribution in [0.1, 0.15) is 85.4 Å². The van der Waals surface area contributed by atoms with Gasteiger partial charge in [0.05, 0.1) is 17.9 Å².